The van der Waals surface area contributed by atoms with Gasteiger partial charge in [0.1, 0.15) is 11.8 Å². The summed E-state index contributed by atoms with van der Waals surface area (Å²) in [6, 6.07) is 18.1. The van der Waals surface area contributed by atoms with Gasteiger partial charge in [0.2, 0.25) is 5.91 Å². The summed E-state index contributed by atoms with van der Waals surface area (Å²) in [5.74, 6) is 0.740. The van der Waals surface area contributed by atoms with Crippen molar-refractivity contribution in [3.63, 3.8) is 0 Å². The van der Waals surface area contributed by atoms with Crippen molar-refractivity contribution in [1.29, 1.82) is 0 Å². The molecule has 0 fully saturated rings. The second kappa shape index (κ2) is 8.88. The lowest BCUT2D eigenvalue weighted by Gasteiger charge is -2.32. The molecular formula is C25H21ClN2O3S. The van der Waals surface area contributed by atoms with Gasteiger partial charge in [-0.3, -0.25) is 14.5 Å². The number of anilines is 2. The molecular weight excluding hydrogens is 444 g/mol. The van der Waals surface area contributed by atoms with E-state index in [1.54, 1.807) is 17.2 Å². The van der Waals surface area contributed by atoms with Crippen LogP contribution in [0.2, 0.25) is 5.02 Å². The van der Waals surface area contributed by atoms with Crippen molar-refractivity contribution in [2.75, 3.05) is 16.0 Å². The minimum absolute atomic E-state index is 0.0520. The first-order valence-electron chi connectivity index (χ1n) is 10.5. The minimum Gasteiger partial charge on any atom is -0.467 e. The quantitative estimate of drug-likeness (QED) is 0.463. The van der Waals surface area contributed by atoms with Gasteiger partial charge in [-0.05, 0) is 61.4 Å². The predicted octanol–water partition coefficient (Wildman–Crippen LogP) is 6.23. The number of thioether (sulfide) groups is 1. The number of hydrogen-bond acceptors (Lipinski definition) is 5. The number of hydrogen-bond donors (Lipinski definition) is 1. The molecule has 1 amide bonds. The van der Waals surface area contributed by atoms with E-state index < -0.39 is 6.04 Å². The molecule has 1 N–H and O–H groups in total. The van der Waals surface area contributed by atoms with Crippen molar-refractivity contribution in [3.05, 3.63) is 89.0 Å². The van der Waals surface area contributed by atoms with E-state index in [0.29, 0.717) is 22.8 Å². The van der Waals surface area contributed by atoms with Gasteiger partial charge in [-0.25, -0.2) is 0 Å². The Morgan fingerprint density at radius 1 is 1.09 bits per heavy atom. The Bertz CT molecular complexity index is 1190. The Morgan fingerprint density at radius 3 is 2.69 bits per heavy atom. The molecule has 5 nitrogen and oxygen atoms in total. The molecule has 2 aliphatic rings. The molecule has 0 saturated heterocycles. The van der Waals surface area contributed by atoms with Crippen LogP contribution in [0, 0.1) is 0 Å². The monoisotopic (exact) mass is 464 g/mol. The molecule has 162 valence electrons. The number of para-hydroxylation sites is 2. The van der Waals surface area contributed by atoms with Crippen molar-refractivity contribution < 1.29 is 14.0 Å². The van der Waals surface area contributed by atoms with Crippen LogP contribution in [0.3, 0.4) is 0 Å². The van der Waals surface area contributed by atoms with Gasteiger partial charge in [0.05, 0.1) is 23.4 Å². The number of carbonyl (C=O) groups is 2. The first kappa shape index (κ1) is 20.9. The zero-order valence-corrected chi connectivity index (χ0v) is 18.8. The van der Waals surface area contributed by atoms with Crippen LogP contribution in [0.15, 0.2) is 87.5 Å². The standard InChI is InChI=1S/C25H21ClN2O3S/c26-16-10-12-17(13-11-16)32-15-23(30)28-20-7-2-1-5-18(20)27-19-6-3-8-21(29)24(19)25(28)22-9-4-14-31-22/h1-2,4-5,7,9-14,25,27H,3,6,8,15H2. The Hall–Kier alpha value is -2.96. The topological polar surface area (TPSA) is 62.6 Å². The van der Waals surface area contributed by atoms with Crippen molar-refractivity contribution in [3.8, 4) is 0 Å². The molecule has 1 aromatic heterocycles. The number of halogens is 1. The van der Waals surface area contributed by atoms with E-state index in [2.05, 4.69) is 5.32 Å². The Labute approximate surface area is 195 Å². The van der Waals surface area contributed by atoms with Crippen LogP contribution in [0.25, 0.3) is 0 Å². The molecule has 0 spiro atoms. The number of amides is 1. The Balaban J connectivity index is 1.58. The van der Waals surface area contributed by atoms with Crippen LogP contribution in [0.5, 0.6) is 0 Å². The summed E-state index contributed by atoms with van der Waals surface area (Å²) in [4.78, 5) is 29.5. The molecule has 2 aromatic carbocycles. The highest BCUT2D eigenvalue weighted by atomic mass is 35.5. The van der Waals surface area contributed by atoms with Crippen LogP contribution in [-0.2, 0) is 9.59 Å². The fourth-order valence-electron chi connectivity index (χ4n) is 4.27. The Kier molecular flexibility index (Phi) is 5.81. The molecule has 0 saturated carbocycles. The summed E-state index contributed by atoms with van der Waals surface area (Å²) in [5.41, 5.74) is 3.04. The van der Waals surface area contributed by atoms with E-state index in [1.165, 1.54) is 11.8 Å². The van der Waals surface area contributed by atoms with E-state index in [-0.39, 0.29) is 17.4 Å². The SMILES string of the molecule is O=C1CCCC2=C1C(c1ccco1)N(C(=O)CSc1ccc(Cl)cc1)c1ccccc1N2. The third-order valence-electron chi connectivity index (χ3n) is 5.69. The highest BCUT2D eigenvalue weighted by Crippen LogP contribution is 2.45. The van der Waals surface area contributed by atoms with Crippen LogP contribution in [0.1, 0.15) is 31.1 Å². The number of allylic oxidation sites excluding steroid dienone is 1. The van der Waals surface area contributed by atoms with Gasteiger partial charge in [0.15, 0.2) is 5.78 Å². The molecule has 0 bridgehead atoms. The number of furan rings is 1. The van der Waals surface area contributed by atoms with Gasteiger partial charge in [-0.2, -0.15) is 0 Å². The number of ketones is 1. The van der Waals surface area contributed by atoms with Crippen molar-refractivity contribution >= 4 is 46.4 Å². The first-order chi connectivity index (χ1) is 15.6. The molecule has 1 atom stereocenters. The normalized spacial score (nSPS) is 18.0. The average Bonchev–Trinajstić information content (AvgIpc) is 3.28. The third kappa shape index (κ3) is 3.96. The number of rotatable bonds is 4. The molecule has 5 rings (SSSR count). The van der Waals surface area contributed by atoms with Gasteiger partial charge in [0, 0.05) is 27.6 Å². The summed E-state index contributed by atoms with van der Waals surface area (Å²) >= 11 is 7.43. The molecule has 1 aliphatic carbocycles. The maximum absolute atomic E-state index is 13.7. The maximum Gasteiger partial charge on any atom is 0.238 e. The van der Waals surface area contributed by atoms with Crippen LogP contribution < -0.4 is 10.2 Å². The molecule has 1 unspecified atom stereocenters. The summed E-state index contributed by atoms with van der Waals surface area (Å²) < 4.78 is 5.77. The zero-order valence-electron chi connectivity index (χ0n) is 17.2. The maximum atomic E-state index is 13.7. The van der Waals surface area contributed by atoms with Crippen LogP contribution >= 0.6 is 23.4 Å². The third-order valence-corrected chi connectivity index (χ3v) is 6.94. The fraction of sp³-hybridized carbons (Fsp3) is 0.200. The number of Topliss-reactive ketones (excluding diaryl/α,β-unsaturated/α-hetero) is 1. The molecule has 1 aliphatic heterocycles. The second-order valence-corrected chi connectivity index (χ2v) is 9.22. The zero-order chi connectivity index (χ0) is 22.1. The minimum atomic E-state index is -0.609. The van der Waals surface area contributed by atoms with Gasteiger partial charge in [-0.15, -0.1) is 11.8 Å². The lowest BCUT2D eigenvalue weighted by molar-refractivity contribution is -0.117. The van der Waals surface area contributed by atoms with Gasteiger partial charge >= 0.3 is 0 Å². The number of fused-ring (bicyclic) bond motifs is 1. The number of nitrogens with zero attached hydrogens (tertiary/aromatic N) is 1. The molecule has 2 heterocycles. The smallest absolute Gasteiger partial charge is 0.238 e. The summed E-state index contributed by atoms with van der Waals surface area (Å²) in [6.45, 7) is 0. The van der Waals surface area contributed by atoms with Crippen LogP contribution in [0.4, 0.5) is 11.4 Å². The van der Waals surface area contributed by atoms with Gasteiger partial charge in [0.25, 0.3) is 0 Å². The first-order valence-corrected chi connectivity index (χ1v) is 11.8. The number of benzene rings is 2. The lowest BCUT2D eigenvalue weighted by Crippen LogP contribution is -2.38. The largest absolute Gasteiger partial charge is 0.467 e. The molecule has 0 radical (unpaired) electrons. The number of nitrogens with one attached hydrogen (secondary N) is 1. The van der Waals surface area contributed by atoms with Gasteiger partial charge in [-0.1, -0.05) is 23.7 Å². The molecule has 3 aromatic rings. The van der Waals surface area contributed by atoms with E-state index in [1.807, 2.05) is 54.6 Å². The van der Waals surface area contributed by atoms with Gasteiger partial charge < -0.3 is 9.73 Å². The second-order valence-electron chi connectivity index (χ2n) is 7.74. The Morgan fingerprint density at radius 2 is 1.91 bits per heavy atom. The van der Waals surface area contributed by atoms with Crippen molar-refractivity contribution in [2.24, 2.45) is 0 Å². The number of carbonyl (C=O) groups excluding carboxylic acids is 2. The average molecular weight is 465 g/mol. The van der Waals surface area contributed by atoms with E-state index >= 15 is 0 Å². The van der Waals surface area contributed by atoms with Crippen molar-refractivity contribution in [2.45, 2.75) is 30.2 Å². The fourth-order valence-corrected chi connectivity index (χ4v) is 5.15. The van der Waals surface area contributed by atoms with E-state index in [9.17, 15) is 9.59 Å². The van der Waals surface area contributed by atoms with E-state index in [4.69, 9.17) is 16.0 Å². The van der Waals surface area contributed by atoms with Crippen molar-refractivity contribution in [1.82, 2.24) is 0 Å². The predicted molar refractivity (Wildman–Crippen MR) is 127 cm³/mol. The van der Waals surface area contributed by atoms with Crippen LogP contribution in [-0.4, -0.2) is 17.4 Å². The lowest BCUT2D eigenvalue weighted by atomic mass is 9.88. The summed E-state index contributed by atoms with van der Waals surface area (Å²) in [5, 5.41) is 4.10. The molecule has 7 heteroatoms. The highest BCUT2D eigenvalue weighted by Gasteiger charge is 2.40. The highest BCUT2D eigenvalue weighted by molar-refractivity contribution is 8.00. The molecule has 32 heavy (non-hydrogen) atoms. The summed E-state index contributed by atoms with van der Waals surface area (Å²) in [7, 11) is 0. The van der Waals surface area contributed by atoms with E-state index in [0.717, 1.165) is 34.8 Å². The summed E-state index contributed by atoms with van der Waals surface area (Å²) in [6.07, 6.45) is 3.60.